The highest BCUT2D eigenvalue weighted by atomic mass is 16.5. The van der Waals surface area contributed by atoms with E-state index in [4.69, 9.17) is 10.5 Å². The summed E-state index contributed by atoms with van der Waals surface area (Å²) in [6.07, 6.45) is 7.06. The molecule has 2 N–H and O–H groups in total. The van der Waals surface area contributed by atoms with E-state index in [0.717, 1.165) is 25.2 Å². The molecule has 0 fully saturated rings. The highest BCUT2D eigenvalue weighted by Gasteiger charge is 2.10. The van der Waals surface area contributed by atoms with Crippen molar-refractivity contribution < 1.29 is 4.74 Å². The van der Waals surface area contributed by atoms with Crippen LogP contribution >= 0.6 is 0 Å². The largest absolute Gasteiger partial charge is 0.494 e. The maximum Gasteiger partial charge on any atom is 0.119 e. The average Bonchev–Trinajstić information content (AvgIpc) is 2.45. The highest BCUT2D eigenvalue weighted by Crippen LogP contribution is 2.26. The van der Waals surface area contributed by atoms with E-state index in [1.54, 1.807) is 0 Å². The van der Waals surface area contributed by atoms with Gasteiger partial charge in [-0.2, -0.15) is 0 Å². The molecule has 1 rings (SSSR count). The first kappa shape index (κ1) is 17.0. The van der Waals surface area contributed by atoms with Crippen molar-refractivity contribution in [2.75, 3.05) is 6.61 Å². The fourth-order valence-electron chi connectivity index (χ4n) is 2.45. The molecule has 2 atom stereocenters. The van der Waals surface area contributed by atoms with Crippen LogP contribution in [0.4, 0.5) is 0 Å². The third-order valence-electron chi connectivity index (χ3n) is 3.83. The predicted molar refractivity (Wildman–Crippen MR) is 87.4 cm³/mol. The Kier molecular flexibility index (Phi) is 8.36. The van der Waals surface area contributed by atoms with E-state index < -0.39 is 0 Å². The molecule has 0 spiro atoms. The minimum Gasteiger partial charge on any atom is -0.494 e. The van der Waals surface area contributed by atoms with Crippen LogP contribution in [-0.2, 0) is 0 Å². The minimum absolute atomic E-state index is 0.297. The molecule has 0 aromatic heterocycles. The molecule has 20 heavy (non-hydrogen) atoms. The van der Waals surface area contributed by atoms with Crippen LogP contribution in [-0.4, -0.2) is 12.6 Å². The molecule has 0 bridgehead atoms. The number of ether oxygens (including phenoxy) is 1. The summed E-state index contributed by atoms with van der Waals surface area (Å²) < 4.78 is 5.75. The molecule has 0 amide bonds. The first-order valence-electron chi connectivity index (χ1n) is 8.15. The summed E-state index contributed by atoms with van der Waals surface area (Å²) >= 11 is 0. The molecule has 1 aromatic rings. The van der Waals surface area contributed by atoms with Crippen LogP contribution in [0.1, 0.15) is 70.8 Å². The molecule has 0 aliphatic rings. The van der Waals surface area contributed by atoms with E-state index >= 15 is 0 Å². The van der Waals surface area contributed by atoms with Crippen molar-refractivity contribution in [3.05, 3.63) is 29.8 Å². The van der Waals surface area contributed by atoms with Gasteiger partial charge in [-0.1, -0.05) is 38.8 Å². The van der Waals surface area contributed by atoms with Crippen LogP contribution in [0.25, 0.3) is 0 Å². The lowest BCUT2D eigenvalue weighted by Crippen LogP contribution is -2.15. The number of rotatable bonds is 10. The molecule has 0 saturated heterocycles. The second-order valence-corrected chi connectivity index (χ2v) is 5.78. The van der Waals surface area contributed by atoms with E-state index in [-0.39, 0.29) is 0 Å². The van der Waals surface area contributed by atoms with Crippen molar-refractivity contribution in [3.8, 4) is 5.75 Å². The van der Waals surface area contributed by atoms with E-state index in [0.29, 0.717) is 12.0 Å². The normalized spacial score (nSPS) is 14.0. The summed E-state index contributed by atoms with van der Waals surface area (Å²) in [6, 6.07) is 8.94. The average molecular weight is 277 g/mol. The monoisotopic (exact) mass is 277 g/mol. The van der Waals surface area contributed by atoms with Crippen LogP contribution in [0.15, 0.2) is 24.3 Å². The maximum absolute atomic E-state index is 5.86. The van der Waals surface area contributed by atoms with Gasteiger partial charge in [0.25, 0.3) is 0 Å². The standard InChI is InChI=1S/C18H31NO/c1-4-6-7-14-20-18-12-10-17(11-13-18)16(5-2)9-8-15(3)19/h10-13,15-16H,4-9,14,19H2,1-3H3. The van der Waals surface area contributed by atoms with E-state index in [2.05, 4.69) is 45.0 Å². The molecule has 0 aliphatic heterocycles. The Morgan fingerprint density at radius 1 is 1.05 bits per heavy atom. The van der Waals surface area contributed by atoms with E-state index in [9.17, 15) is 0 Å². The van der Waals surface area contributed by atoms with Gasteiger partial charge in [0.05, 0.1) is 6.61 Å². The van der Waals surface area contributed by atoms with Crippen LogP contribution in [0.2, 0.25) is 0 Å². The number of nitrogens with two attached hydrogens (primary N) is 1. The third-order valence-corrected chi connectivity index (χ3v) is 3.83. The van der Waals surface area contributed by atoms with Gasteiger partial charge in [0.15, 0.2) is 0 Å². The lowest BCUT2D eigenvalue weighted by molar-refractivity contribution is 0.306. The molecule has 0 aliphatic carbocycles. The van der Waals surface area contributed by atoms with Crippen molar-refractivity contribution in [3.63, 3.8) is 0 Å². The van der Waals surface area contributed by atoms with Crippen LogP contribution < -0.4 is 10.5 Å². The summed E-state index contributed by atoms with van der Waals surface area (Å²) in [5.41, 5.74) is 7.27. The van der Waals surface area contributed by atoms with E-state index in [1.165, 1.54) is 31.2 Å². The van der Waals surface area contributed by atoms with Gasteiger partial charge in [-0.25, -0.2) is 0 Å². The molecule has 114 valence electrons. The SMILES string of the molecule is CCCCCOc1ccc(C(CC)CCC(C)N)cc1. The Labute approximate surface area is 124 Å². The lowest BCUT2D eigenvalue weighted by atomic mass is 9.90. The van der Waals surface area contributed by atoms with Crippen molar-refractivity contribution in [2.24, 2.45) is 5.73 Å². The van der Waals surface area contributed by atoms with Gasteiger partial charge in [-0.3, -0.25) is 0 Å². The Hall–Kier alpha value is -1.02. The van der Waals surface area contributed by atoms with Gasteiger partial charge in [0, 0.05) is 6.04 Å². The molecule has 0 heterocycles. The van der Waals surface area contributed by atoms with E-state index in [1.807, 2.05) is 0 Å². The Morgan fingerprint density at radius 3 is 2.30 bits per heavy atom. The number of hydrogen-bond acceptors (Lipinski definition) is 2. The molecule has 0 radical (unpaired) electrons. The quantitative estimate of drug-likeness (QED) is 0.619. The van der Waals surface area contributed by atoms with Gasteiger partial charge in [0.2, 0.25) is 0 Å². The van der Waals surface area contributed by atoms with Gasteiger partial charge in [0.1, 0.15) is 5.75 Å². The zero-order chi connectivity index (χ0) is 14.8. The van der Waals surface area contributed by atoms with Crippen molar-refractivity contribution in [2.45, 2.75) is 71.3 Å². The summed E-state index contributed by atoms with van der Waals surface area (Å²) in [6.45, 7) is 7.37. The molecular formula is C18H31NO. The summed E-state index contributed by atoms with van der Waals surface area (Å²) in [5.74, 6) is 1.61. The Balaban J connectivity index is 2.46. The maximum atomic E-state index is 5.86. The first-order valence-corrected chi connectivity index (χ1v) is 8.15. The predicted octanol–water partition coefficient (Wildman–Crippen LogP) is 4.88. The smallest absolute Gasteiger partial charge is 0.119 e. The summed E-state index contributed by atoms with van der Waals surface area (Å²) in [5, 5.41) is 0. The molecule has 1 aromatic carbocycles. The van der Waals surface area contributed by atoms with Gasteiger partial charge < -0.3 is 10.5 Å². The third kappa shape index (κ3) is 6.42. The Morgan fingerprint density at radius 2 is 1.75 bits per heavy atom. The van der Waals surface area contributed by atoms with Gasteiger partial charge in [-0.15, -0.1) is 0 Å². The minimum atomic E-state index is 0.297. The second kappa shape index (κ2) is 9.82. The van der Waals surface area contributed by atoms with Gasteiger partial charge >= 0.3 is 0 Å². The van der Waals surface area contributed by atoms with Gasteiger partial charge in [-0.05, 0) is 56.2 Å². The Bertz CT molecular complexity index is 345. The highest BCUT2D eigenvalue weighted by molar-refractivity contribution is 5.29. The molecule has 2 heteroatoms. The number of unbranched alkanes of at least 4 members (excludes halogenated alkanes) is 2. The molecule has 2 unspecified atom stereocenters. The fourth-order valence-corrected chi connectivity index (χ4v) is 2.45. The fraction of sp³-hybridized carbons (Fsp3) is 0.667. The second-order valence-electron chi connectivity index (χ2n) is 5.78. The topological polar surface area (TPSA) is 35.2 Å². The van der Waals surface area contributed by atoms with Crippen molar-refractivity contribution in [1.29, 1.82) is 0 Å². The summed E-state index contributed by atoms with van der Waals surface area (Å²) in [7, 11) is 0. The lowest BCUT2D eigenvalue weighted by Gasteiger charge is -2.17. The van der Waals surface area contributed by atoms with Crippen molar-refractivity contribution >= 4 is 0 Å². The van der Waals surface area contributed by atoms with Crippen LogP contribution in [0, 0.1) is 0 Å². The van der Waals surface area contributed by atoms with Crippen molar-refractivity contribution in [1.82, 2.24) is 0 Å². The van der Waals surface area contributed by atoms with Crippen LogP contribution in [0.5, 0.6) is 5.75 Å². The van der Waals surface area contributed by atoms with Crippen LogP contribution in [0.3, 0.4) is 0 Å². The molecular weight excluding hydrogens is 246 g/mol. The number of benzene rings is 1. The number of hydrogen-bond donors (Lipinski definition) is 1. The molecule has 0 saturated carbocycles. The zero-order valence-electron chi connectivity index (χ0n) is 13.4. The zero-order valence-corrected chi connectivity index (χ0v) is 13.4. The summed E-state index contributed by atoms with van der Waals surface area (Å²) in [4.78, 5) is 0. The molecule has 2 nitrogen and oxygen atoms in total. The first-order chi connectivity index (χ1) is 9.67.